The van der Waals surface area contributed by atoms with E-state index in [0.29, 0.717) is 10.6 Å². The number of ketones is 1. The quantitative estimate of drug-likeness (QED) is 0.314. The lowest BCUT2D eigenvalue weighted by atomic mass is 9.95. The van der Waals surface area contributed by atoms with Gasteiger partial charge in [-0.3, -0.25) is 14.5 Å². The molecule has 0 radical (unpaired) electrons. The number of anilines is 1. The minimum absolute atomic E-state index is 0.129. The van der Waals surface area contributed by atoms with Gasteiger partial charge in [0.25, 0.3) is 11.7 Å². The predicted octanol–water partition coefficient (Wildman–Crippen LogP) is 3.62. The van der Waals surface area contributed by atoms with E-state index < -0.39 is 33.5 Å². The second-order valence-electron chi connectivity index (χ2n) is 7.47. The van der Waals surface area contributed by atoms with Crippen molar-refractivity contribution in [2.45, 2.75) is 10.9 Å². The monoisotopic (exact) mass is 498 g/mol. The molecule has 0 saturated carbocycles. The molecule has 10 heteroatoms. The molecule has 1 aliphatic rings. The normalized spacial score (nSPS) is 17.7. The van der Waals surface area contributed by atoms with Crippen LogP contribution in [0, 0.1) is 0 Å². The second-order valence-corrected chi connectivity index (χ2v) is 9.44. The Morgan fingerprint density at radius 3 is 2.26 bits per heavy atom. The summed E-state index contributed by atoms with van der Waals surface area (Å²) in [5, 5.41) is 16.6. The Morgan fingerprint density at radius 2 is 1.68 bits per heavy atom. The molecule has 0 aromatic heterocycles. The molecule has 1 saturated heterocycles. The molecule has 1 amide bonds. The molecule has 1 fully saturated rings. The standard InChI is InChI=1S/C24H19ClN2O6S/c1-33-19-13-15(7-12-18(19)25)22(28)20-21(14-5-3-2-4-6-14)27(24(30)23(20)29)16-8-10-17(11-9-16)34(26,31)32/h2-13,21,28H,1H3,(H2,26,31,32)/b22-20+. The van der Waals surface area contributed by atoms with Gasteiger partial charge in [-0.25, -0.2) is 13.6 Å². The van der Waals surface area contributed by atoms with Crippen LogP contribution < -0.4 is 14.8 Å². The molecular formula is C24H19ClN2O6S. The highest BCUT2D eigenvalue weighted by atomic mass is 35.5. The first kappa shape index (κ1) is 23.5. The lowest BCUT2D eigenvalue weighted by molar-refractivity contribution is -0.132. The highest BCUT2D eigenvalue weighted by Crippen LogP contribution is 2.42. The number of hydrogen-bond acceptors (Lipinski definition) is 6. The van der Waals surface area contributed by atoms with Crippen molar-refractivity contribution in [2.75, 3.05) is 12.0 Å². The lowest BCUT2D eigenvalue weighted by Crippen LogP contribution is -2.29. The number of methoxy groups -OCH3 is 1. The topological polar surface area (TPSA) is 127 Å². The minimum atomic E-state index is -3.95. The van der Waals surface area contributed by atoms with Crippen molar-refractivity contribution in [3.63, 3.8) is 0 Å². The van der Waals surface area contributed by atoms with Crippen LogP contribution in [0.4, 0.5) is 5.69 Å². The fraction of sp³-hybridized carbons (Fsp3) is 0.0833. The molecule has 0 spiro atoms. The van der Waals surface area contributed by atoms with E-state index >= 15 is 0 Å². The summed E-state index contributed by atoms with van der Waals surface area (Å²) in [4.78, 5) is 27.4. The van der Waals surface area contributed by atoms with Crippen molar-refractivity contribution in [2.24, 2.45) is 5.14 Å². The highest BCUT2D eigenvalue weighted by molar-refractivity contribution is 7.89. The number of aliphatic hydroxyl groups is 1. The van der Waals surface area contributed by atoms with E-state index in [1.165, 1.54) is 54.5 Å². The first-order chi connectivity index (χ1) is 16.1. The Labute approximate surface area is 200 Å². The third-order valence-electron chi connectivity index (χ3n) is 5.43. The van der Waals surface area contributed by atoms with Gasteiger partial charge in [-0.15, -0.1) is 0 Å². The van der Waals surface area contributed by atoms with Crippen molar-refractivity contribution < 1.29 is 27.9 Å². The summed E-state index contributed by atoms with van der Waals surface area (Å²) in [7, 11) is -2.53. The fourth-order valence-electron chi connectivity index (χ4n) is 3.81. The number of Topliss-reactive ketones (excluding diaryl/α,β-unsaturated/α-hetero) is 1. The van der Waals surface area contributed by atoms with Crippen molar-refractivity contribution in [3.05, 3.63) is 94.5 Å². The van der Waals surface area contributed by atoms with Crippen molar-refractivity contribution in [1.82, 2.24) is 0 Å². The molecule has 3 aromatic carbocycles. The number of sulfonamides is 1. The van der Waals surface area contributed by atoms with Crippen LogP contribution in [0.3, 0.4) is 0 Å². The van der Waals surface area contributed by atoms with Crippen molar-refractivity contribution >= 4 is 44.8 Å². The molecule has 8 nitrogen and oxygen atoms in total. The smallest absolute Gasteiger partial charge is 0.300 e. The zero-order valence-corrected chi connectivity index (χ0v) is 19.4. The lowest BCUT2D eigenvalue weighted by Gasteiger charge is -2.25. The zero-order chi connectivity index (χ0) is 24.6. The van der Waals surface area contributed by atoms with Gasteiger partial charge in [-0.2, -0.15) is 0 Å². The molecule has 1 aliphatic heterocycles. The molecule has 3 aromatic rings. The number of carbonyl (C=O) groups is 2. The number of nitrogens with zero attached hydrogens (tertiary/aromatic N) is 1. The van der Waals surface area contributed by atoms with Crippen molar-refractivity contribution in [3.8, 4) is 5.75 Å². The number of carbonyl (C=O) groups excluding carboxylic acids is 2. The summed E-state index contributed by atoms with van der Waals surface area (Å²) in [5.41, 5.74) is 0.941. The number of benzene rings is 3. The summed E-state index contributed by atoms with van der Waals surface area (Å²) in [6.45, 7) is 0. The molecule has 4 rings (SSSR count). The largest absolute Gasteiger partial charge is 0.507 e. The maximum Gasteiger partial charge on any atom is 0.300 e. The van der Waals surface area contributed by atoms with Crippen LogP contribution in [-0.4, -0.2) is 32.3 Å². The number of primary sulfonamides is 1. The van der Waals surface area contributed by atoms with Gasteiger partial charge in [0.15, 0.2) is 0 Å². The van der Waals surface area contributed by atoms with Gasteiger partial charge in [0.05, 0.1) is 28.6 Å². The Morgan fingerprint density at radius 1 is 1.03 bits per heavy atom. The number of nitrogens with two attached hydrogens (primary N) is 1. The van der Waals surface area contributed by atoms with Gasteiger partial charge in [-0.05, 0) is 48.0 Å². The molecule has 1 heterocycles. The Balaban J connectivity index is 1.91. The average Bonchev–Trinajstić information content (AvgIpc) is 3.09. The fourth-order valence-corrected chi connectivity index (χ4v) is 4.52. The molecule has 3 N–H and O–H groups in total. The second kappa shape index (κ2) is 8.94. The molecule has 1 atom stereocenters. The zero-order valence-electron chi connectivity index (χ0n) is 17.8. The molecule has 0 bridgehead atoms. The predicted molar refractivity (Wildman–Crippen MR) is 127 cm³/mol. The average molecular weight is 499 g/mol. The van der Waals surface area contributed by atoms with Crippen LogP contribution in [0.25, 0.3) is 5.76 Å². The number of ether oxygens (including phenoxy) is 1. The van der Waals surface area contributed by atoms with Gasteiger partial charge in [0, 0.05) is 11.3 Å². The summed E-state index contributed by atoms with van der Waals surface area (Å²) < 4.78 is 28.4. The van der Waals surface area contributed by atoms with Crippen LogP contribution in [0.5, 0.6) is 5.75 Å². The van der Waals surface area contributed by atoms with Crippen LogP contribution in [-0.2, 0) is 19.6 Å². The van der Waals surface area contributed by atoms with Crippen LogP contribution in [0.15, 0.2) is 83.3 Å². The SMILES string of the molecule is COc1cc(/C(O)=C2\C(=O)C(=O)N(c3ccc(S(N)(=O)=O)cc3)C2c2ccccc2)ccc1Cl. The third kappa shape index (κ3) is 4.16. The third-order valence-corrected chi connectivity index (χ3v) is 6.67. The van der Waals surface area contributed by atoms with E-state index in [4.69, 9.17) is 21.5 Å². The number of rotatable bonds is 5. The minimum Gasteiger partial charge on any atom is -0.507 e. The highest BCUT2D eigenvalue weighted by Gasteiger charge is 2.47. The number of hydrogen-bond donors (Lipinski definition) is 2. The summed E-state index contributed by atoms with van der Waals surface area (Å²) in [6.07, 6.45) is 0. The summed E-state index contributed by atoms with van der Waals surface area (Å²) >= 11 is 6.08. The van der Waals surface area contributed by atoms with Gasteiger partial charge in [0.1, 0.15) is 11.5 Å². The number of aliphatic hydroxyl groups excluding tert-OH is 1. The molecular weight excluding hydrogens is 480 g/mol. The summed E-state index contributed by atoms with van der Waals surface area (Å²) in [5.74, 6) is -1.88. The van der Waals surface area contributed by atoms with E-state index in [9.17, 15) is 23.1 Å². The van der Waals surface area contributed by atoms with Gasteiger partial charge < -0.3 is 9.84 Å². The molecule has 174 valence electrons. The maximum atomic E-state index is 13.2. The summed E-state index contributed by atoms with van der Waals surface area (Å²) in [6, 6.07) is 17.5. The molecule has 0 aliphatic carbocycles. The van der Waals surface area contributed by atoms with E-state index in [1.54, 1.807) is 30.3 Å². The number of amides is 1. The van der Waals surface area contributed by atoms with Crippen LogP contribution in [0.1, 0.15) is 17.2 Å². The first-order valence-corrected chi connectivity index (χ1v) is 11.9. The Kier molecular flexibility index (Phi) is 6.18. The van der Waals surface area contributed by atoms with Crippen molar-refractivity contribution in [1.29, 1.82) is 0 Å². The molecule has 34 heavy (non-hydrogen) atoms. The van der Waals surface area contributed by atoms with Gasteiger partial charge in [-0.1, -0.05) is 41.9 Å². The van der Waals surface area contributed by atoms with E-state index in [-0.39, 0.29) is 27.5 Å². The maximum absolute atomic E-state index is 13.2. The van der Waals surface area contributed by atoms with E-state index in [0.717, 1.165) is 0 Å². The van der Waals surface area contributed by atoms with Gasteiger partial charge in [0.2, 0.25) is 10.0 Å². The van der Waals surface area contributed by atoms with E-state index in [2.05, 4.69) is 0 Å². The molecule has 1 unspecified atom stereocenters. The Hall–Kier alpha value is -3.66. The van der Waals surface area contributed by atoms with Gasteiger partial charge >= 0.3 is 0 Å². The van der Waals surface area contributed by atoms with E-state index in [1.807, 2.05) is 0 Å². The number of halogens is 1. The first-order valence-electron chi connectivity index (χ1n) is 9.96. The Bertz CT molecular complexity index is 1420. The van der Waals surface area contributed by atoms with Crippen LogP contribution >= 0.6 is 11.6 Å². The van der Waals surface area contributed by atoms with Crippen LogP contribution in [0.2, 0.25) is 5.02 Å².